The topological polar surface area (TPSA) is 133 Å². The molecule has 4 aromatic rings. The van der Waals surface area contributed by atoms with Gasteiger partial charge in [-0.15, -0.1) is 0 Å². The fraction of sp³-hybridized carbons (Fsp3) is 0.296. The first-order chi connectivity index (χ1) is 17.7. The summed E-state index contributed by atoms with van der Waals surface area (Å²) in [5, 5.41) is 3.82. The van der Waals surface area contributed by atoms with Gasteiger partial charge in [-0.2, -0.15) is 0 Å². The van der Waals surface area contributed by atoms with Crippen LogP contribution in [0.2, 0.25) is 0 Å². The third-order valence-electron chi connectivity index (χ3n) is 6.33. The number of imidazole rings is 1. The number of carbonyl (C=O) groups excluding carboxylic acids is 1. The molecule has 0 aliphatic rings. The number of hydrogen-bond donors (Lipinski definition) is 2. The minimum Gasteiger partial charge on any atom is -0.364 e. The zero-order valence-electron chi connectivity index (χ0n) is 21.4. The summed E-state index contributed by atoms with van der Waals surface area (Å²) in [6, 6.07) is 14.4. The van der Waals surface area contributed by atoms with Crippen LogP contribution >= 0.6 is 0 Å². The Hall–Kier alpha value is -3.92. The van der Waals surface area contributed by atoms with Gasteiger partial charge in [0.15, 0.2) is 0 Å². The molecule has 0 aliphatic carbocycles. The summed E-state index contributed by atoms with van der Waals surface area (Å²) in [4.78, 5) is 17.0. The molecule has 2 heterocycles. The van der Waals surface area contributed by atoms with Crippen molar-refractivity contribution >= 4 is 21.8 Å². The minimum atomic E-state index is -3.93. The highest BCUT2D eigenvalue weighted by molar-refractivity contribution is 7.92. The van der Waals surface area contributed by atoms with Gasteiger partial charge in [0.25, 0.3) is 15.9 Å². The predicted octanol–water partition coefficient (Wildman–Crippen LogP) is 4.62. The monoisotopic (exact) mass is 521 g/mol. The molecular weight excluding hydrogens is 490 g/mol. The zero-order valence-corrected chi connectivity index (χ0v) is 22.2. The van der Waals surface area contributed by atoms with E-state index in [9.17, 15) is 13.2 Å². The largest absolute Gasteiger partial charge is 0.364 e. The van der Waals surface area contributed by atoms with Gasteiger partial charge in [0.1, 0.15) is 11.5 Å². The van der Waals surface area contributed by atoms with E-state index in [2.05, 4.69) is 21.8 Å². The highest BCUT2D eigenvalue weighted by Crippen LogP contribution is 2.30. The smallest absolute Gasteiger partial charge is 0.267 e. The standard InChI is InChI=1S/C27H31N5O4S/c1-5-9-24-29-22(6-2)25(26(28)33)32(24)16-19-12-14-20(15-13-19)21-10-7-8-11-23(21)37(34,35)31-27-17(3)18(4)30-36-27/h7-8,10-15,31H,5-6,9,16H2,1-4H3,(H2,28,33). The lowest BCUT2D eigenvalue weighted by atomic mass is 10.0. The Morgan fingerprint density at radius 3 is 2.38 bits per heavy atom. The molecule has 3 N–H and O–H groups in total. The summed E-state index contributed by atoms with van der Waals surface area (Å²) in [6.07, 6.45) is 2.25. The van der Waals surface area contributed by atoms with Gasteiger partial charge >= 0.3 is 0 Å². The van der Waals surface area contributed by atoms with Crippen molar-refractivity contribution in [2.45, 2.75) is 58.4 Å². The first kappa shape index (κ1) is 26.2. The molecule has 0 radical (unpaired) electrons. The Morgan fingerprint density at radius 2 is 1.78 bits per heavy atom. The number of amides is 1. The number of aryl methyl sites for hydroxylation is 3. The molecule has 2 aromatic carbocycles. The maximum atomic E-state index is 13.2. The number of carbonyl (C=O) groups is 1. The van der Waals surface area contributed by atoms with Crippen molar-refractivity contribution in [2.75, 3.05) is 4.72 Å². The second-order valence-corrected chi connectivity index (χ2v) is 10.5. The van der Waals surface area contributed by atoms with Crippen molar-refractivity contribution < 1.29 is 17.7 Å². The Bertz CT molecular complexity index is 1540. The first-order valence-electron chi connectivity index (χ1n) is 12.2. The van der Waals surface area contributed by atoms with Crippen LogP contribution in [-0.2, 0) is 29.4 Å². The van der Waals surface area contributed by atoms with Crippen LogP contribution in [0.3, 0.4) is 0 Å². The highest BCUT2D eigenvalue weighted by atomic mass is 32.2. The van der Waals surface area contributed by atoms with E-state index in [0.717, 1.165) is 29.8 Å². The normalized spacial score (nSPS) is 11.6. The van der Waals surface area contributed by atoms with Crippen LogP contribution in [0.25, 0.3) is 11.1 Å². The zero-order chi connectivity index (χ0) is 26.7. The molecule has 194 valence electrons. The van der Waals surface area contributed by atoms with E-state index in [0.29, 0.717) is 41.2 Å². The van der Waals surface area contributed by atoms with Gasteiger partial charge in [-0.1, -0.05) is 61.5 Å². The number of nitrogens with one attached hydrogen (secondary N) is 1. The number of benzene rings is 2. The minimum absolute atomic E-state index is 0.0996. The summed E-state index contributed by atoms with van der Waals surface area (Å²) in [5.41, 5.74) is 10.3. The van der Waals surface area contributed by atoms with Crippen LogP contribution < -0.4 is 10.5 Å². The summed E-state index contributed by atoms with van der Waals surface area (Å²) in [5.74, 6) is 0.437. The van der Waals surface area contributed by atoms with Gasteiger partial charge in [0.05, 0.1) is 16.3 Å². The van der Waals surface area contributed by atoms with E-state index in [1.165, 1.54) is 0 Å². The second kappa shape index (κ2) is 10.6. The number of sulfonamides is 1. The fourth-order valence-corrected chi connectivity index (χ4v) is 5.54. The molecule has 0 spiro atoms. The third kappa shape index (κ3) is 5.29. The van der Waals surface area contributed by atoms with Crippen LogP contribution in [0.15, 0.2) is 57.9 Å². The van der Waals surface area contributed by atoms with E-state index in [-0.39, 0.29) is 10.8 Å². The van der Waals surface area contributed by atoms with Crippen LogP contribution in [0, 0.1) is 13.8 Å². The predicted molar refractivity (Wildman–Crippen MR) is 142 cm³/mol. The lowest BCUT2D eigenvalue weighted by Crippen LogP contribution is -2.20. The van der Waals surface area contributed by atoms with Crippen molar-refractivity contribution in [3.05, 3.63) is 82.6 Å². The number of primary amides is 1. The van der Waals surface area contributed by atoms with Crippen molar-refractivity contribution in [1.82, 2.24) is 14.7 Å². The lowest BCUT2D eigenvalue weighted by Gasteiger charge is -2.13. The summed E-state index contributed by atoms with van der Waals surface area (Å²) in [6.45, 7) is 7.94. The summed E-state index contributed by atoms with van der Waals surface area (Å²) < 4.78 is 36.0. The van der Waals surface area contributed by atoms with Gasteiger partial charge in [0, 0.05) is 24.1 Å². The molecule has 1 amide bonds. The SMILES string of the molecule is CCCc1nc(CC)c(C(N)=O)n1Cc1ccc(-c2ccccc2S(=O)(=O)Nc2onc(C)c2C)cc1. The number of nitrogens with two attached hydrogens (primary N) is 1. The fourth-order valence-electron chi connectivity index (χ4n) is 4.26. The van der Waals surface area contributed by atoms with Crippen molar-refractivity contribution in [3.63, 3.8) is 0 Å². The molecule has 4 rings (SSSR count). The molecule has 10 heteroatoms. The number of anilines is 1. The van der Waals surface area contributed by atoms with E-state index >= 15 is 0 Å². The molecule has 0 unspecified atom stereocenters. The Kier molecular flexibility index (Phi) is 7.49. The van der Waals surface area contributed by atoms with Gasteiger partial charge in [-0.25, -0.2) is 18.1 Å². The maximum Gasteiger partial charge on any atom is 0.267 e. The number of hydrogen-bond acceptors (Lipinski definition) is 6. The van der Waals surface area contributed by atoms with E-state index in [1.54, 1.807) is 38.1 Å². The molecule has 0 fully saturated rings. The van der Waals surface area contributed by atoms with Crippen LogP contribution in [0.4, 0.5) is 5.88 Å². The Labute approximate surface area is 216 Å². The molecule has 37 heavy (non-hydrogen) atoms. The molecule has 0 bridgehead atoms. The number of rotatable bonds is 10. The van der Waals surface area contributed by atoms with Crippen LogP contribution in [-0.4, -0.2) is 29.0 Å². The van der Waals surface area contributed by atoms with Crippen molar-refractivity contribution in [3.8, 4) is 11.1 Å². The van der Waals surface area contributed by atoms with Gasteiger partial charge in [-0.3, -0.25) is 4.79 Å². The molecule has 0 atom stereocenters. The third-order valence-corrected chi connectivity index (χ3v) is 7.72. The van der Waals surface area contributed by atoms with E-state index in [1.807, 2.05) is 35.8 Å². The lowest BCUT2D eigenvalue weighted by molar-refractivity contribution is 0.0990. The van der Waals surface area contributed by atoms with Crippen molar-refractivity contribution in [1.29, 1.82) is 0 Å². The first-order valence-corrected chi connectivity index (χ1v) is 13.7. The molecule has 0 aliphatic heterocycles. The second-order valence-electron chi connectivity index (χ2n) is 8.90. The van der Waals surface area contributed by atoms with E-state index in [4.69, 9.17) is 10.3 Å². The van der Waals surface area contributed by atoms with Gasteiger partial charge in [0.2, 0.25) is 5.88 Å². The number of aromatic nitrogens is 3. The quantitative estimate of drug-likeness (QED) is 0.313. The molecule has 0 saturated carbocycles. The average molecular weight is 522 g/mol. The van der Waals surface area contributed by atoms with Crippen molar-refractivity contribution in [2.24, 2.45) is 5.73 Å². The molecule has 0 saturated heterocycles. The van der Waals surface area contributed by atoms with E-state index < -0.39 is 15.9 Å². The van der Waals surface area contributed by atoms with Crippen LogP contribution in [0.1, 0.15) is 59.1 Å². The Morgan fingerprint density at radius 1 is 1.08 bits per heavy atom. The summed E-state index contributed by atoms with van der Waals surface area (Å²) in [7, 11) is -3.93. The Balaban J connectivity index is 1.66. The van der Waals surface area contributed by atoms with Gasteiger partial charge < -0.3 is 14.8 Å². The number of nitrogens with zero attached hydrogens (tertiary/aromatic N) is 3. The summed E-state index contributed by atoms with van der Waals surface area (Å²) >= 11 is 0. The maximum absolute atomic E-state index is 13.2. The molecule has 2 aromatic heterocycles. The molecular formula is C27H31N5O4S. The highest BCUT2D eigenvalue weighted by Gasteiger charge is 2.23. The van der Waals surface area contributed by atoms with Crippen LogP contribution in [0.5, 0.6) is 0 Å². The average Bonchev–Trinajstić information content (AvgIpc) is 3.39. The van der Waals surface area contributed by atoms with Gasteiger partial charge in [-0.05, 0) is 43.9 Å². The molecule has 9 nitrogen and oxygen atoms in total.